The molecule has 6 nitrogen and oxygen atoms in total. The maximum absolute atomic E-state index is 8.67. The van der Waals surface area contributed by atoms with Gasteiger partial charge in [-0.1, -0.05) is 5.16 Å². The van der Waals surface area contributed by atoms with Crippen LogP contribution in [0.1, 0.15) is 30.5 Å². The van der Waals surface area contributed by atoms with Crippen molar-refractivity contribution in [3.63, 3.8) is 0 Å². The Hall–Kier alpha value is -2.08. The summed E-state index contributed by atoms with van der Waals surface area (Å²) >= 11 is 0. The number of aromatic nitrogens is 2. The lowest BCUT2D eigenvalue weighted by atomic mass is 10.3. The fraction of sp³-hybridized carbons (Fsp3) is 0.429. The smallest absolute Gasteiger partial charge is 0.229 e. The molecule has 1 saturated carbocycles. The Labute approximate surface area is 116 Å². The molecule has 0 unspecified atom stereocenters. The van der Waals surface area contributed by atoms with Crippen LogP contribution in [0.15, 0.2) is 28.8 Å². The highest BCUT2D eigenvalue weighted by Crippen LogP contribution is 2.38. The summed E-state index contributed by atoms with van der Waals surface area (Å²) in [6, 6.07) is 7.18. The average molecular weight is 276 g/mol. The van der Waals surface area contributed by atoms with E-state index in [0.29, 0.717) is 23.2 Å². The van der Waals surface area contributed by atoms with E-state index in [0.717, 1.165) is 18.7 Å². The minimum absolute atomic E-state index is 0.000588. The van der Waals surface area contributed by atoms with Gasteiger partial charge >= 0.3 is 0 Å². The number of hydrogen-bond acceptors (Lipinski definition) is 6. The van der Waals surface area contributed by atoms with Crippen molar-refractivity contribution >= 4 is 0 Å². The van der Waals surface area contributed by atoms with Crippen LogP contribution in [0.4, 0.5) is 0 Å². The summed E-state index contributed by atoms with van der Waals surface area (Å²) in [5.74, 6) is 3.14. The van der Waals surface area contributed by atoms with Gasteiger partial charge in [-0.15, -0.1) is 0 Å². The van der Waals surface area contributed by atoms with E-state index in [-0.39, 0.29) is 19.8 Å². The first-order chi connectivity index (χ1) is 9.85. The van der Waals surface area contributed by atoms with Crippen molar-refractivity contribution in [3.8, 4) is 11.5 Å². The Bertz CT molecular complexity index is 549. The Morgan fingerprint density at radius 3 is 2.50 bits per heavy atom. The lowest BCUT2D eigenvalue weighted by molar-refractivity contribution is 0.201. The van der Waals surface area contributed by atoms with E-state index in [1.807, 2.05) is 0 Å². The molecule has 106 valence electrons. The molecular weight excluding hydrogens is 260 g/mol. The molecule has 1 aromatic carbocycles. The molecule has 0 saturated heterocycles. The summed E-state index contributed by atoms with van der Waals surface area (Å²) in [6.07, 6.45) is 2.27. The quantitative estimate of drug-likeness (QED) is 0.832. The number of ether oxygens (including phenoxy) is 2. The van der Waals surface area contributed by atoms with E-state index in [1.165, 1.54) is 0 Å². The first-order valence-corrected chi connectivity index (χ1v) is 6.64. The minimum Gasteiger partial charge on any atom is -0.491 e. The van der Waals surface area contributed by atoms with Gasteiger partial charge in [0.1, 0.15) is 18.1 Å². The van der Waals surface area contributed by atoms with Crippen molar-refractivity contribution in [1.29, 1.82) is 0 Å². The monoisotopic (exact) mass is 276 g/mol. The predicted octanol–water partition coefficient (Wildman–Crippen LogP) is 1.90. The van der Waals surface area contributed by atoms with Gasteiger partial charge in [-0.2, -0.15) is 4.98 Å². The van der Waals surface area contributed by atoms with Gasteiger partial charge < -0.3 is 19.1 Å². The van der Waals surface area contributed by atoms with E-state index < -0.39 is 0 Å². The van der Waals surface area contributed by atoms with E-state index in [2.05, 4.69) is 10.1 Å². The van der Waals surface area contributed by atoms with Crippen molar-refractivity contribution in [3.05, 3.63) is 36.0 Å². The Kier molecular flexibility index (Phi) is 3.83. The summed E-state index contributed by atoms with van der Waals surface area (Å²) in [7, 11) is 0. The number of aliphatic hydroxyl groups is 1. The fourth-order valence-corrected chi connectivity index (χ4v) is 1.77. The van der Waals surface area contributed by atoms with Crippen molar-refractivity contribution in [2.24, 2.45) is 0 Å². The zero-order valence-electron chi connectivity index (χ0n) is 11.0. The van der Waals surface area contributed by atoms with Crippen LogP contribution in [0.25, 0.3) is 0 Å². The number of nitrogens with zero attached hydrogens (tertiary/aromatic N) is 2. The molecule has 1 aliphatic rings. The molecule has 1 fully saturated rings. The van der Waals surface area contributed by atoms with Crippen LogP contribution < -0.4 is 9.47 Å². The molecule has 0 bridgehead atoms. The largest absolute Gasteiger partial charge is 0.491 e. The lowest BCUT2D eigenvalue weighted by Gasteiger charge is -2.06. The molecule has 1 N–H and O–H groups in total. The number of aliphatic hydroxyl groups excluding tert-OH is 1. The predicted molar refractivity (Wildman–Crippen MR) is 69.6 cm³/mol. The summed E-state index contributed by atoms with van der Waals surface area (Å²) in [5.41, 5.74) is 0. The third-order valence-corrected chi connectivity index (χ3v) is 2.96. The van der Waals surface area contributed by atoms with Crippen molar-refractivity contribution < 1.29 is 19.1 Å². The zero-order valence-corrected chi connectivity index (χ0v) is 11.0. The van der Waals surface area contributed by atoms with Gasteiger partial charge in [0.25, 0.3) is 0 Å². The molecule has 20 heavy (non-hydrogen) atoms. The molecule has 1 aliphatic carbocycles. The molecule has 0 aliphatic heterocycles. The third kappa shape index (κ3) is 3.27. The Balaban J connectivity index is 1.51. The number of benzene rings is 1. The van der Waals surface area contributed by atoms with Crippen LogP contribution in [0.3, 0.4) is 0 Å². The molecule has 3 rings (SSSR count). The summed E-state index contributed by atoms with van der Waals surface area (Å²) < 4.78 is 16.0. The fourth-order valence-electron chi connectivity index (χ4n) is 1.77. The van der Waals surface area contributed by atoms with Gasteiger partial charge in [0.15, 0.2) is 6.61 Å². The summed E-state index contributed by atoms with van der Waals surface area (Å²) in [6.45, 7) is 0.569. The molecule has 6 heteroatoms. The highest BCUT2D eigenvalue weighted by molar-refractivity contribution is 5.31. The average Bonchev–Trinajstić information content (AvgIpc) is 3.23. The van der Waals surface area contributed by atoms with Crippen LogP contribution >= 0.6 is 0 Å². The molecule has 0 spiro atoms. The molecule has 0 radical (unpaired) electrons. The standard InChI is InChI=1S/C14H16N2O4/c17-7-8-18-11-3-5-12(6-4-11)19-9-13-15-14(20-16-13)10-1-2-10/h3-6,10,17H,1-2,7-9H2. The SMILES string of the molecule is OCCOc1ccc(OCc2noc(C3CC3)n2)cc1. The van der Waals surface area contributed by atoms with E-state index in [1.54, 1.807) is 24.3 Å². The van der Waals surface area contributed by atoms with Gasteiger partial charge in [0.05, 0.1) is 6.61 Å². The second kappa shape index (κ2) is 5.92. The van der Waals surface area contributed by atoms with Crippen LogP contribution in [0, 0.1) is 0 Å². The lowest BCUT2D eigenvalue weighted by Crippen LogP contribution is -2.01. The maximum atomic E-state index is 8.67. The van der Waals surface area contributed by atoms with E-state index >= 15 is 0 Å². The first-order valence-electron chi connectivity index (χ1n) is 6.64. The van der Waals surface area contributed by atoms with E-state index in [9.17, 15) is 0 Å². The van der Waals surface area contributed by atoms with Crippen LogP contribution in [0.2, 0.25) is 0 Å². The molecule has 1 heterocycles. The van der Waals surface area contributed by atoms with Crippen LogP contribution in [0.5, 0.6) is 11.5 Å². The summed E-state index contributed by atoms with van der Waals surface area (Å²) in [4.78, 5) is 4.29. The van der Waals surface area contributed by atoms with E-state index in [4.69, 9.17) is 19.1 Å². The van der Waals surface area contributed by atoms with Gasteiger partial charge in [0, 0.05) is 5.92 Å². The number of rotatable bonds is 7. The van der Waals surface area contributed by atoms with Crippen molar-refractivity contribution in [1.82, 2.24) is 10.1 Å². The molecule has 0 amide bonds. The Morgan fingerprint density at radius 2 is 1.85 bits per heavy atom. The second-order valence-electron chi connectivity index (χ2n) is 4.66. The van der Waals surface area contributed by atoms with Crippen LogP contribution in [-0.4, -0.2) is 28.5 Å². The molecule has 2 aromatic rings. The highest BCUT2D eigenvalue weighted by Gasteiger charge is 2.29. The first kappa shape index (κ1) is 12.9. The topological polar surface area (TPSA) is 77.6 Å². The Morgan fingerprint density at radius 1 is 1.15 bits per heavy atom. The second-order valence-corrected chi connectivity index (χ2v) is 4.66. The van der Waals surface area contributed by atoms with Crippen molar-refractivity contribution in [2.75, 3.05) is 13.2 Å². The van der Waals surface area contributed by atoms with Gasteiger partial charge in [-0.3, -0.25) is 0 Å². The molecule has 0 atom stereocenters. The molecular formula is C14H16N2O4. The zero-order chi connectivity index (χ0) is 13.8. The van der Waals surface area contributed by atoms with Gasteiger partial charge in [-0.05, 0) is 37.1 Å². The van der Waals surface area contributed by atoms with Gasteiger partial charge in [-0.25, -0.2) is 0 Å². The van der Waals surface area contributed by atoms with Crippen LogP contribution in [-0.2, 0) is 6.61 Å². The number of hydrogen-bond donors (Lipinski definition) is 1. The summed E-state index contributed by atoms with van der Waals surface area (Å²) in [5, 5.41) is 12.6. The van der Waals surface area contributed by atoms with Crippen molar-refractivity contribution in [2.45, 2.75) is 25.4 Å². The maximum Gasteiger partial charge on any atom is 0.229 e. The normalized spacial score (nSPS) is 14.2. The van der Waals surface area contributed by atoms with Gasteiger partial charge in [0.2, 0.25) is 11.7 Å². The minimum atomic E-state index is -0.000588. The molecule has 1 aromatic heterocycles. The highest BCUT2D eigenvalue weighted by atomic mass is 16.5. The third-order valence-electron chi connectivity index (χ3n) is 2.96.